The van der Waals surface area contributed by atoms with Crippen LogP contribution in [0.4, 0.5) is 11.5 Å². The van der Waals surface area contributed by atoms with Gasteiger partial charge in [-0.15, -0.1) is 0 Å². The molecule has 7 heteroatoms. The van der Waals surface area contributed by atoms with Crippen LogP contribution in [0.15, 0.2) is 36.5 Å². The fourth-order valence-corrected chi connectivity index (χ4v) is 2.99. The number of hydrogen-bond donors (Lipinski definition) is 1. The number of nitrogens with zero attached hydrogens (tertiary/aromatic N) is 2. The van der Waals surface area contributed by atoms with Gasteiger partial charge in [0.2, 0.25) is 0 Å². The van der Waals surface area contributed by atoms with Gasteiger partial charge in [0, 0.05) is 13.1 Å². The normalized spacial score (nSPS) is 15.1. The van der Waals surface area contributed by atoms with Gasteiger partial charge in [0.15, 0.2) is 6.10 Å². The van der Waals surface area contributed by atoms with Gasteiger partial charge in [-0.05, 0) is 44.0 Å². The molecule has 1 aromatic heterocycles. The molecule has 0 aliphatic carbocycles. The number of benzene rings is 1. The highest BCUT2D eigenvalue weighted by Crippen LogP contribution is 2.32. The fourth-order valence-electron chi connectivity index (χ4n) is 2.66. The zero-order chi connectivity index (χ0) is 17.8. The number of ether oxygens (including phenoxy) is 1. The Balaban J connectivity index is 1.60. The molecule has 1 amide bonds. The number of carbonyl (C=O) groups excluding carboxylic acids is 1. The molecule has 0 radical (unpaired) electrons. The molecule has 1 aliphatic rings. The molecule has 132 valence electrons. The number of aromatic nitrogens is 1. The molecule has 0 spiro atoms. The Morgan fingerprint density at radius 3 is 2.68 bits per heavy atom. The van der Waals surface area contributed by atoms with Crippen molar-refractivity contribution in [3.05, 3.63) is 46.6 Å². The first-order valence-corrected chi connectivity index (χ1v) is 8.93. The summed E-state index contributed by atoms with van der Waals surface area (Å²) in [4.78, 5) is 19.0. The molecular weight excluding hydrogens is 361 g/mol. The molecule has 0 bridgehead atoms. The van der Waals surface area contributed by atoms with Crippen LogP contribution in [0.2, 0.25) is 10.0 Å². The maximum atomic E-state index is 12.3. The molecule has 0 saturated carbocycles. The van der Waals surface area contributed by atoms with E-state index in [2.05, 4.69) is 15.2 Å². The number of anilines is 2. The number of carbonyl (C=O) groups is 1. The maximum Gasteiger partial charge on any atom is 0.265 e. The van der Waals surface area contributed by atoms with Crippen LogP contribution in [0.25, 0.3) is 0 Å². The summed E-state index contributed by atoms with van der Waals surface area (Å²) in [7, 11) is 0. The van der Waals surface area contributed by atoms with Gasteiger partial charge in [0.1, 0.15) is 16.6 Å². The SMILES string of the molecule is CC(Oc1cccc(Cl)c1Cl)C(=O)Nc1ccc(N2CCCC2)nc1. The van der Waals surface area contributed by atoms with Gasteiger partial charge in [-0.2, -0.15) is 0 Å². The smallest absolute Gasteiger partial charge is 0.265 e. The lowest BCUT2D eigenvalue weighted by Gasteiger charge is -2.18. The topological polar surface area (TPSA) is 54.5 Å². The summed E-state index contributed by atoms with van der Waals surface area (Å²) in [5.41, 5.74) is 0.626. The molecule has 5 nitrogen and oxygen atoms in total. The molecule has 1 atom stereocenters. The van der Waals surface area contributed by atoms with E-state index >= 15 is 0 Å². The van der Waals surface area contributed by atoms with E-state index in [0.29, 0.717) is 21.5 Å². The van der Waals surface area contributed by atoms with E-state index in [1.807, 2.05) is 12.1 Å². The highest BCUT2D eigenvalue weighted by atomic mass is 35.5. The molecule has 2 heterocycles. The summed E-state index contributed by atoms with van der Waals surface area (Å²) < 4.78 is 5.61. The van der Waals surface area contributed by atoms with Crippen molar-refractivity contribution in [2.45, 2.75) is 25.9 Å². The third-order valence-corrected chi connectivity index (χ3v) is 4.84. The van der Waals surface area contributed by atoms with E-state index in [-0.39, 0.29) is 5.91 Å². The lowest BCUT2D eigenvalue weighted by molar-refractivity contribution is -0.122. The van der Waals surface area contributed by atoms with Crippen molar-refractivity contribution in [2.75, 3.05) is 23.3 Å². The second-order valence-electron chi connectivity index (χ2n) is 5.90. The number of hydrogen-bond acceptors (Lipinski definition) is 4. The first-order chi connectivity index (χ1) is 12.0. The van der Waals surface area contributed by atoms with Crippen LogP contribution in [-0.4, -0.2) is 30.1 Å². The fraction of sp³-hybridized carbons (Fsp3) is 0.333. The third kappa shape index (κ3) is 4.35. The lowest BCUT2D eigenvalue weighted by atomic mass is 10.3. The predicted octanol–water partition coefficient (Wildman–Crippen LogP) is 4.39. The molecule has 25 heavy (non-hydrogen) atoms. The van der Waals surface area contributed by atoms with Crippen molar-refractivity contribution in [3.63, 3.8) is 0 Å². The van der Waals surface area contributed by atoms with Crippen molar-refractivity contribution in [3.8, 4) is 5.75 Å². The quantitative estimate of drug-likeness (QED) is 0.836. The standard InChI is InChI=1S/C18H19Cl2N3O2/c1-12(25-15-6-4-5-14(19)17(15)20)18(24)22-13-7-8-16(21-11-13)23-9-2-3-10-23/h4-8,11-12H,2-3,9-10H2,1H3,(H,22,24). The van der Waals surface area contributed by atoms with Gasteiger partial charge < -0.3 is 15.0 Å². The minimum absolute atomic E-state index is 0.285. The second kappa shape index (κ2) is 7.93. The Bertz CT molecular complexity index is 746. The summed E-state index contributed by atoms with van der Waals surface area (Å²) in [5, 5.41) is 3.47. The first-order valence-electron chi connectivity index (χ1n) is 8.17. The molecule has 1 unspecified atom stereocenters. The second-order valence-corrected chi connectivity index (χ2v) is 6.69. The number of rotatable bonds is 5. The van der Waals surface area contributed by atoms with Crippen LogP contribution in [0, 0.1) is 0 Å². The highest BCUT2D eigenvalue weighted by molar-refractivity contribution is 6.42. The third-order valence-electron chi connectivity index (χ3n) is 4.03. The van der Waals surface area contributed by atoms with E-state index in [4.69, 9.17) is 27.9 Å². The monoisotopic (exact) mass is 379 g/mol. The highest BCUT2D eigenvalue weighted by Gasteiger charge is 2.18. The summed E-state index contributed by atoms with van der Waals surface area (Å²) in [5.74, 6) is 1.02. The summed E-state index contributed by atoms with van der Waals surface area (Å²) >= 11 is 12.0. The summed E-state index contributed by atoms with van der Waals surface area (Å²) in [6, 6.07) is 8.81. The van der Waals surface area contributed by atoms with Crippen molar-refractivity contribution in [1.82, 2.24) is 4.98 Å². The van der Waals surface area contributed by atoms with Crippen LogP contribution in [0.1, 0.15) is 19.8 Å². The van der Waals surface area contributed by atoms with Crippen molar-refractivity contribution < 1.29 is 9.53 Å². The van der Waals surface area contributed by atoms with Crippen LogP contribution >= 0.6 is 23.2 Å². The van der Waals surface area contributed by atoms with Crippen molar-refractivity contribution in [1.29, 1.82) is 0 Å². The largest absolute Gasteiger partial charge is 0.479 e. The van der Waals surface area contributed by atoms with Crippen molar-refractivity contribution in [2.24, 2.45) is 0 Å². The zero-order valence-electron chi connectivity index (χ0n) is 13.8. The van der Waals surface area contributed by atoms with Gasteiger partial charge in [-0.1, -0.05) is 29.3 Å². The van der Waals surface area contributed by atoms with Crippen LogP contribution in [-0.2, 0) is 4.79 Å². The maximum absolute atomic E-state index is 12.3. The number of nitrogens with one attached hydrogen (secondary N) is 1. The minimum atomic E-state index is -0.728. The summed E-state index contributed by atoms with van der Waals surface area (Å²) in [6.45, 7) is 3.71. The molecule has 3 rings (SSSR count). The van der Waals surface area contributed by atoms with E-state index in [1.165, 1.54) is 12.8 Å². The van der Waals surface area contributed by atoms with E-state index in [9.17, 15) is 4.79 Å². The van der Waals surface area contributed by atoms with Gasteiger partial charge in [0.25, 0.3) is 5.91 Å². The molecule has 1 saturated heterocycles. The van der Waals surface area contributed by atoms with Crippen LogP contribution < -0.4 is 15.0 Å². The Hall–Kier alpha value is -1.98. The van der Waals surface area contributed by atoms with Gasteiger partial charge >= 0.3 is 0 Å². The predicted molar refractivity (Wildman–Crippen MR) is 101 cm³/mol. The van der Waals surface area contributed by atoms with Gasteiger partial charge in [-0.3, -0.25) is 4.79 Å². The molecule has 1 fully saturated rings. The number of pyridine rings is 1. The molecule has 2 aromatic rings. The first kappa shape index (κ1) is 17.8. The molecule has 1 aromatic carbocycles. The van der Waals surface area contributed by atoms with Crippen molar-refractivity contribution >= 4 is 40.6 Å². The van der Waals surface area contributed by atoms with Crippen LogP contribution in [0.3, 0.4) is 0 Å². The van der Waals surface area contributed by atoms with Gasteiger partial charge in [0.05, 0.1) is 16.9 Å². The van der Waals surface area contributed by atoms with E-state index in [1.54, 1.807) is 31.3 Å². The average Bonchev–Trinajstić information content (AvgIpc) is 3.14. The van der Waals surface area contributed by atoms with E-state index < -0.39 is 6.10 Å². The number of amides is 1. The average molecular weight is 380 g/mol. The Kier molecular flexibility index (Phi) is 5.66. The summed E-state index contributed by atoms with van der Waals surface area (Å²) in [6.07, 6.45) is 3.32. The Morgan fingerprint density at radius 2 is 2.00 bits per heavy atom. The number of halogens is 2. The minimum Gasteiger partial charge on any atom is -0.479 e. The molecule has 1 N–H and O–H groups in total. The van der Waals surface area contributed by atoms with Gasteiger partial charge in [-0.25, -0.2) is 4.98 Å². The molecular formula is C18H19Cl2N3O2. The Labute approximate surface area is 156 Å². The lowest BCUT2D eigenvalue weighted by Crippen LogP contribution is -2.30. The van der Waals surface area contributed by atoms with Crippen LogP contribution in [0.5, 0.6) is 5.75 Å². The Morgan fingerprint density at radius 1 is 1.24 bits per heavy atom. The molecule has 1 aliphatic heterocycles. The zero-order valence-corrected chi connectivity index (χ0v) is 15.3. The van der Waals surface area contributed by atoms with E-state index in [0.717, 1.165) is 18.9 Å².